The van der Waals surface area contributed by atoms with E-state index in [1.54, 1.807) is 7.11 Å². The van der Waals surface area contributed by atoms with E-state index in [2.05, 4.69) is 41.1 Å². The Bertz CT molecular complexity index is 885. The molecule has 3 rings (SSSR count). The van der Waals surface area contributed by atoms with Gasteiger partial charge in [0.2, 0.25) is 5.91 Å². The molecule has 0 saturated heterocycles. The maximum absolute atomic E-state index is 12.0. The minimum Gasteiger partial charge on any atom is -0.496 e. The molecule has 0 aromatic heterocycles. The van der Waals surface area contributed by atoms with E-state index < -0.39 is 0 Å². The lowest BCUT2D eigenvalue weighted by molar-refractivity contribution is -0.116. The van der Waals surface area contributed by atoms with Crippen LogP contribution >= 0.6 is 24.0 Å². The summed E-state index contributed by atoms with van der Waals surface area (Å²) in [6.45, 7) is 6.21. The van der Waals surface area contributed by atoms with E-state index in [1.165, 1.54) is 11.1 Å². The van der Waals surface area contributed by atoms with E-state index in [-0.39, 0.29) is 35.8 Å². The smallest absolute Gasteiger partial charge is 0.225 e. The van der Waals surface area contributed by atoms with Gasteiger partial charge in [-0.3, -0.25) is 9.79 Å². The molecular formula is C23H31IN4O2. The van der Waals surface area contributed by atoms with Crippen molar-refractivity contribution in [2.24, 2.45) is 4.99 Å². The summed E-state index contributed by atoms with van der Waals surface area (Å²) in [6, 6.07) is 14.2. The topological polar surface area (TPSA) is 74.8 Å². The number of halogens is 1. The fourth-order valence-electron chi connectivity index (χ4n) is 3.63. The van der Waals surface area contributed by atoms with Crippen molar-refractivity contribution in [3.63, 3.8) is 0 Å². The van der Waals surface area contributed by atoms with Gasteiger partial charge in [-0.2, -0.15) is 0 Å². The average Bonchev–Trinajstić information content (AvgIpc) is 2.72. The van der Waals surface area contributed by atoms with Crippen molar-refractivity contribution < 1.29 is 9.53 Å². The quantitative estimate of drug-likeness (QED) is 0.294. The number of amides is 1. The van der Waals surface area contributed by atoms with Gasteiger partial charge in [0.05, 0.1) is 13.7 Å². The number of benzene rings is 2. The lowest BCUT2D eigenvalue weighted by atomic mass is 9.91. The van der Waals surface area contributed by atoms with E-state index >= 15 is 0 Å². The molecule has 0 spiro atoms. The van der Waals surface area contributed by atoms with Crippen LogP contribution in [0.5, 0.6) is 5.75 Å². The zero-order valence-electron chi connectivity index (χ0n) is 17.8. The number of hydrogen-bond donors (Lipinski definition) is 3. The van der Waals surface area contributed by atoms with Gasteiger partial charge in [-0.15, -0.1) is 24.0 Å². The van der Waals surface area contributed by atoms with Crippen molar-refractivity contribution in [1.82, 2.24) is 10.6 Å². The summed E-state index contributed by atoms with van der Waals surface area (Å²) in [5, 5.41) is 9.63. The Morgan fingerprint density at radius 1 is 1.23 bits per heavy atom. The van der Waals surface area contributed by atoms with Gasteiger partial charge in [0.15, 0.2) is 5.96 Å². The number of guanidine groups is 1. The van der Waals surface area contributed by atoms with Gasteiger partial charge in [-0.25, -0.2) is 0 Å². The van der Waals surface area contributed by atoms with Crippen molar-refractivity contribution in [2.45, 2.75) is 32.6 Å². The number of ether oxygens (including phenoxy) is 1. The van der Waals surface area contributed by atoms with Crippen molar-refractivity contribution >= 4 is 41.5 Å². The highest BCUT2D eigenvalue weighted by Gasteiger charge is 2.24. The predicted molar refractivity (Wildman–Crippen MR) is 133 cm³/mol. The number of anilines is 1. The molecule has 2 aromatic carbocycles. The lowest BCUT2D eigenvalue weighted by Crippen LogP contribution is -2.39. The minimum absolute atomic E-state index is 0. The number of rotatable bonds is 7. The highest BCUT2D eigenvalue weighted by molar-refractivity contribution is 14.0. The highest BCUT2D eigenvalue weighted by atomic mass is 127. The van der Waals surface area contributed by atoms with Crippen LogP contribution in [-0.2, 0) is 11.2 Å². The molecule has 0 radical (unpaired) electrons. The monoisotopic (exact) mass is 522 g/mol. The number of aliphatic imine (C=N–C) groups is 1. The summed E-state index contributed by atoms with van der Waals surface area (Å²) in [5.74, 6) is 1.81. The first-order valence-electron chi connectivity index (χ1n) is 10.1. The first-order chi connectivity index (χ1) is 14.1. The zero-order valence-corrected chi connectivity index (χ0v) is 20.2. The summed E-state index contributed by atoms with van der Waals surface area (Å²) >= 11 is 0. The third kappa shape index (κ3) is 6.35. The normalized spacial score (nSPS) is 15.5. The SMILES string of the molecule is CCNC(=NCC1CC(=O)Nc2ccccc21)NCCc1cc(C)ccc1OC.I. The molecular weight excluding hydrogens is 491 g/mol. The zero-order chi connectivity index (χ0) is 20.6. The van der Waals surface area contributed by atoms with Gasteiger partial charge < -0.3 is 20.7 Å². The van der Waals surface area contributed by atoms with Crippen LogP contribution in [0.15, 0.2) is 47.5 Å². The molecule has 162 valence electrons. The van der Waals surface area contributed by atoms with Crippen molar-refractivity contribution in [3.05, 3.63) is 59.2 Å². The van der Waals surface area contributed by atoms with Gasteiger partial charge in [-0.1, -0.05) is 35.9 Å². The van der Waals surface area contributed by atoms with Crippen molar-refractivity contribution in [2.75, 3.05) is 32.1 Å². The summed E-state index contributed by atoms with van der Waals surface area (Å²) in [4.78, 5) is 16.8. The molecule has 1 aliphatic rings. The Labute approximate surface area is 195 Å². The van der Waals surface area contributed by atoms with Gasteiger partial charge in [0.25, 0.3) is 0 Å². The summed E-state index contributed by atoms with van der Waals surface area (Å²) < 4.78 is 5.46. The number of carbonyl (C=O) groups excluding carboxylic acids is 1. The largest absolute Gasteiger partial charge is 0.496 e. The molecule has 3 N–H and O–H groups in total. The fourth-order valence-corrected chi connectivity index (χ4v) is 3.63. The molecule has 0 fully saturated rings. The number of para-hydroxylation sites is 1. The molecule has 1 unspecified atom stereocenters. The van der Waals surface area contributed by atoms with Crippen LogP contribution in [0.3, 0.4) is 0 Å². The Kier molecular flexibility index (Phi) is 9.42. The molecule has 1 amide bonds. The van der Waals surface area contributed by atoms with Gasteiger partial charge >= 0.3 is 0 Å². The van der Waals surface area contributed by atoms with Crippen molar-refractivity contribution in [1.29, 1.82) is 0 Å². The van der Waals surface area contributed by atoms with Gasteiger partial charge in [0.1, 0.15) is 5.75 Å². The van der Waals surface area contributed by atoms with E-state index in [4.69, 9.17) is 9.73 Å². The summed E-state index contributed by atoms with van der Waals surface area (Å²) in [5.41, 5.74) is 4.44. The van der Waals surface area contributed by atoms with Gasteiger partial charge in [0, 0.05) is 31.1 Å². The molecule has 1 heterocycles. The summed E-state index contributed by atoms with van der Waals surface area (Å²) in [6.07, 6.45) is 1.30. The predicted octanol–water partition coefficient (Wildman–Crippen LogP) is 3.85. The molecule has 1 atom stereocenters. The van der Waals surface area contributed by atoms with E-state index in [0.29, 0.717) is 13.0 Å². The molecule has 1 aliphatic heterocycles. The second kappa shape index (κ2) is 11.8. The van der Waals surface area contributed by atoms with Crippen LogP contribution in [0.25, 0.3) is 0 Å². The Morgan fingerprint density at radius 3 is 2.80 bits per heavy atom. The minimum atomic E-state index is 0. The maximum atomic E-state index is 12.0. The van der Waals surface area contributed by atoms with Crippen LogP contribution < -0.4 is 20.7 Å². The first kappa shape index (κ1) is 24.0. The average molecular weight is 522 g/mol. The molecule has 0 bridgehead atoms. The van der Waals surface area contributed by atoms with Crippen LogP contribution in [0.4, 0.5) is 5.69 Å². The van der Waals surface area contributed by atoms with Crippen LogP contribution in [-0.4, -0.2) is 38.6 Å². The number of fused-ring (bicyclic) bond motifs is 1. The molecule has 2 aromatic rings. The number of aryl methyl sites for hydroxylation is 1. The van der Waals surface area contributed by atoms with E-state index in [9.17, 15) is 4.79 Å². The number of carbonyl (C=O) groups is 1. The highest BCUT2D eigenvalue weighted by Crippen LogP contribution is 2.32. The third-order valence-corrected chi connectivity index (χ3v) is 5.04. The Hall–Kier alpha value is -2.29. The molecule has 7 heteroatoms. The van der Waals surface area contributed by atoms with E-state index in [1.807, 2.05) is 31.2 Å². The summed E-state index contributed by atoms with van der Waals surface area (Å²) in [7, 11) is 1.70. The van der Waals surface area contributed by atoms with E-state index in [0.717, 1.165) is 42.5 Å². The Morgan fingerprint density at radius 2 is 2.03 bits per heavy atom. The standard InChI is InChI=1S/C23H30N4O2.HI/c1-4-24-23(25-12-11-17-13-16(2)9-10-21(17)29-3)26-15-18-14-22(28)27-20-8-6-5-7-19(18)20;/h5-10,13,18H,4,11-12,14-15H2,1-3H3,(H,27,28)(H2,24,25,26);1H. The molecule has 30 heavy (non-hydrogen) atoms. The third-order valence-electron chi connectivity index (χ3n) is 5.04. The van der Waals surface area contributed by atoms with Gasteiger partial charge in [-0.05, 0) is 43.5 Å². The van der Waals surface area contributed by atoms with Crippen LogP contribution in [0.1, 0.15) is 36.0 Å². The van der Waals surface area contributed by atoms with Crippen molar-refractivity contribution in [3.8, 4) is 5.75 Å². The van der Waals surface area contributed by atoms with Crippen LogP contribution in [0.2, 0.25) is 0 Å². The molecule has 0 saturated carbocycles. The molecule has 0 aliphatic carbocycles. The Balaban J connectivity index is 0.00000320. The number of methoxy groups -OCH3 is 1. The number of nitrogens with zero attached hydrogens (tertiary/aromatic N) is 1. The molecule has 6 nitrogen and oxygen atoms in total. The second-order valence-electron chi connectivity index (χ2n) is 7.25. The number of hydrogen-bond acceptors (Lipinski definition) is 3. The number of nitrogens with one attached hydrogen (secondary N) is 3. The first-order valence-corrected chi connectivity index (χ1v) is 10.1. The maximum Gasteiger partial charge on any atom is 0.225 e. The second-order valence-corrected chi connectivity index (χ2v) is 7.25. The lowest BCUT2D eigenvalue weighted by Gasteiger charge is -2.24. The van der Waals surface area contributed by atoms with Crippen LogP contribution in [0, 0.1) is 6.92 Å². The fraction of sp³-hybridized carbons (Fsp3) is 0.391.